The lowest BCUT2D eigenvalue weighted by Crippen LogP contribution is -2.25. The highest BCUT2D eigenvalue weighted by Gasteiger charge is 2.01. The maximum atomic E-state index is 11.0. The summed E-state index contributed by atoms with van der Waals surface area (Å²) in [6, 6.07) is 10.2. The van der Waals surface area contributed by atoms with Crippen molar-refractivity contribution in [3.8, 4) is 0 Å². The first-order valence-corrected chi connectivity index (χ1v) is 8.55. The fourth-order valence-corrected chi connectivity index (χ4v) is 2.92. The number of carbonyl (C=O) groups is 1. The molecule has 122 valence electrons. The first-order valence-electron chi connectivity index (χ1n) is 7.26. The quantitative estimate of drug-likeness (QED) is 0.494. The molecule has 0 aliphatic heterocycles. The van der Waals surface area contributed by atoms with Crippen molar-refractivity contribution in [1.29, 1.82) is 0 Å². The van der Waals surface area contributed by atoms with Gasteiger partial charge in [0.2, 0.25) is 0 Å². The number of nitrogens with zero attached hydrogens (tertiary/aromatic N) is 2. The van der Waals surface area contributed by atoms with E-state index in [9.17, 15) is 4.79 Å². The number of thiocarbonyl (C=S) groups is 1. The fraction of sp³-hybridized carbons (Fsp3) is 0.312. The predicted molar refractivity (Wildman–Crippen MR) is 95.3 cm³/mol. The van der Waals surface area contributed by atoms with Crippen molar-refractivity contribution in [2.45, 2.75) is 19.4 Å². The van der Waals surface area contributed by atoms with E-state index in [4.69, 9.17) is 12.2 Å². The molecule has 0 spiro atoms. The summed E-state index contributed by atoms with van der Waals surface area (Å²) in [5.41, 5.74) is 1.21. The van der Waals surface area contributed by atoms with Crippen molar-refractivity contribution in [2.24, 2.45) is 4.99 Å². The third-order valence-electron chi connectivity index (χ3n) is 3.11. The summed E-state index contributed by atoms with van der Waals surface area (Å²) >= 11 is 6.77. The van der Waals surface area contributed by atoms with Crippen LogP contribution in [0.15, 0.2) is 46.9 Å². The number of rotatable bonds is 6. The molecule has 0 fully saturated rings. The van der Waals surface area contributed by atoms with Gasteiger partial charge in [0, 0.05) is 31.1 Å². The summed E-state index contributed by atoms with van der Waals surface area (Å²) in [4.78, 5) is 16.3. The van der Waals surface area contributed by atoms with Crippen LogP contribution in [0.1, 0.15) is 18.4 Å². The van der Waals surface area contributed by atoms with Crippen LogP contribution in [0.25, 0.3) is 0 Å². The Morgan fingerprint density at radius 2 is 2.17 bits per heavy atom. The monoisotopic (exact) mass is 349 g/mol. The van der Waals surface area contributed by atoms with E-state index in [0.717, 1.165) is 11.3 Å². The highest BCUT2D eigenvalue weighted by Crippen LogP contribution is 2.01. The van der Waals surface area contributed by atoms with Crippen LogP contribution in [0.4, 0.5) is 0 Å². The van der Waals surface area contributed by atoms with Gasteiger partial charge >= 0.3 is 5.97 Å². The molecule has 1 N–H and O–H groups in total. The van der Waals surface area contributed by atoms with Crippen molar-refractivity contribution >= 4 is 34.6 Å². The zero-order valence-corrected chi connectivity index (χ0v) is 14.5. The number of hydrogen-bond acceptors (Lipinski definition) is 4. The van der Waals surface area contributed by atoms with Gasteiger partial charge in [0.25, 0.3) is 0 Å². The van der Waals surface area contributed by atoms with Gasteiger partial charge in [-0.3, -0.25) is 4.79 Å². The highest BCUT2D eigenvalue weighted by molar-refractivity contribution is 7.80. The number of aromatic nitrogens is 1. The second-order valence-electron chi connectivity index (χ2n) is 4.82. The third-order valence-corrected chi connectivity index (χ3v) is 4.14. The highest BCUT2D eigenvalue weighted by atomic mass is 32.1. The molecule has 1 heterocycles. The van der Waals surface area contributed by atoms with Crippen molar-refractivity contribution < 1.29 is 9.53 Å². The van der Waals surface area contributed by atoms with E-state index in [-0.39, 0.29) is 5.97 Å². The van der Waals surface area contributed by atoms with Crippen molar-refractivity contribution in [1.82, 2.24) is 9.88 Å². The molecule has 0 amide bonds. The molecule has 1 aromatic carbocycles. The lowest BCUT2D eigenvalue weighted by Gasteiger charge is -2.05. The van der Waals surface area contributed by atoms with Crippen LogP contribution in [0, 0.1) is 0 Å². The molecule has 7 heteroatoms. The number of nitrogens with one attached hydrogen (secondary N) is 1. The SMILES string of the molecule is COC(=O)CCCNC(=S)N=c1sccn1Cc1ccccc1. The van der Waals surface area contributed by atoms with Gasteiger partial charge in [0.05, 0.1) is 7.11 Å². The Kier molecular flexibility index (Phi) is 6.96. The van der Waals surface area contributed by atoms with Crippen LogP contribution >= 0.6 is 23.6 Å². The number of carbonyl (C=O) groups excluding carboxylic acids is 1. The summed E-state index contributed by atoms with van der Waals surface area (Å²) in [5.74, 6) is -0.214. The number of esters is 1. The molecule has 0 radical (unpaired) electrons. The molecule has 23 heavy (non-hydrogen) atoms. The van der Waals surface area contributed by atoms with Gasteiger partial charge < -0.3 is 14.6 Å². The van der Waals surface area contributed by atoms with Crippen LogP contribution < -0.4 is 10.1 Å². The van der Waals surface area contributed by atoms with Gasteiger partial charge in [0.1, 0.15) is 0 Å². The minimum absolute atomic E-state index is 0.214. The van der Waals surface area contributed by atoms with Crippen LogP contribution in [0.2, 0.25) is 0 Å². The lowest BCUT2D eigenvalue weighted by atomic mass is 10.2. The Labute approximate surface area is 144 Å². The van der Waals surface area contributed by atoms with Gasteiger partial charge in [-0.05, 0) is 24.2 Å². The minimum atomic E-state index is -0.214. The van der Waals surface area contributed by atoms with Gasteiger partial charge in [0.15, 0.2) is 9.91 Å². The Balaban J connectivity index is 1.91. The molecule has 2 rings (SSSR count). The zero-order chi connectivity index (χ0) is 16.5. The van der Waals surface area contributed by atoms with E-state index in [1.807, 2.05) is 29.8 Å². The fourth-order valence-electron chi connectivity index (χ4n) is 1.94. The maximum absolute atomic E-state index is 11.0. The predicted octanol–water partition coefficient (Wildman–Crippen LogP) is 2.33. The number of benzene rings is 1. The molecule has 0 atom stereocenters. The molecule has 1 aromatic heterocycles. The number of methoxy groups -OCH3 is 1. The lowest BCUT2D eigenvalue weighted by molar-refractivity contribution is -0.140. The molecule has 0 saturated heterocycles. The molecule has 5 nitrogen and oxygen atoms in total. The largest absolute Gasteiger partial charge is 0.469 e. The van der Waals surface area contributed by atoms with E-state index in [2.05, 4.69) is 31.7 Å². The van der Waals surface area contributed by atoms with Crippen molar-refractivity contribution in [3.05, 3.63) is 52.3 Å². The standard InChI is InChI=1S/C16H19N3O2S2/c1-21-14(20)8-5-9-17-15(22)18-16-19(10-11-23-16)12-13-6-3-2-4-7-13/h2-4,6-7,10-11H,5,8-9,12H2,1H3,(H,17,22). The number of ether oxygens (including phenoxy) is 1. The molecule has 0 aliphatic carbocycles. The topological polar surface area (TPSA) is 55.6 Å². The van der Waals surface area contributed by atoms with E-state index in [1.54, 1.807) is 0 Å². The van der Waals surface area contributed by atoms with E-state index < -0.39 is 0 Å². The Morgan fingerprint density at radius 1 is 1.39 bits per heavy atom. The molecular weight excluding hydrogens is 330 g/mol. The minimum Gasteiger partial charge on any atom is -0.469 e. The van der Waals surface area contributed by atoms with Crippen LogP contribution in [0.3, 0.4) is 0 Å². The van der Waals surface area contributed by atoms with Gasteiger partial charge in [-0.25, -0.2) is 0 Å². The van der Waals surface area contributed by atoms with Crippen LogP contribution in [-0.4, -0.2) is 29.3 Å². The van der Waals surface area contributed by atoms with Crippen LogP contribution in [-0.2, 0) is 16.1 Å². The molecule has 0 aliphatic rings. The van der Waals surface area contributed by atoms with Gasteiger partial charge in [-0.15, -0.1) is 11.3 Å². The third kappa shape index (κ3) is 5.96. The van der Waals surface area contributed by atoms with Crippen molar-refractivity contribution in [2.75, 3.05) is 13.7 Å². The van der Waals surface area contributed by atoms with E-state index in [1.165, 1.54) is 24.0 Å². The van der Waals surface area contributed by atoms with Crippen LogP contribution in [0.5, 0.6) is 0 Å². The Morgan fingerprint density at radius 3 is 2.91 bits per heavy atom. The Bertz CT molecular complexity index is 707. The number of hydrogen-bond donors (Lipinski definition) is 1. The summed E-state index contributed by atoms with van der Waals surface area (Å²) in [5, 5.41) is 5.46. The first-order chi connectivity index (χ1) is 11.2. The summed E-state index contributed by atoms with van der Waals surface area (Å²) in [7, 11) is 1.39. The molecule has 2 aromatic rings. The molecular formula is C16H19N3O2S2. The summed E-state index contributed by atoms with van der Waals surface area (Å²) < 4.78 is 6.65. The van der Waals surface area contributed by atoms with E-state index in [0.29, 0.717) is 24.5 Å². The zero-order valence-electron chi connectivity index (χ0n) is 12.9. The maximum Gasteiger partial charge on any atom is 0.305 e. The molecule has 0 bridgehead atoms. The normalized spacial score (nSPS) is 11.3. The first kappa shape index (κ1) is 17.4. The Hall–Kier alpha value is -1.99. The summed E-state index contributed by atoms with van der Waals surface area (Å²) in [6.07, 6.45) is 3.03. The molecule has 0 unspecified atom stereocenters. The molecule has 0 saturated carbocycles. The smallest absolute Gasteiger partial charge is 0.305 e. The summed E-state index contributed by atoms with van der Waals surface area (Å²) in [6.45, 7) is 1.36. The second-order valence-corrected chi connectivity index (χ2v) is 6.08. The average Bonchev–Trinajstić information content (AvgIpc) is 2.99. The van der Waals surface area contributed by atoms with Crippen molar-refractivity contribution in [3.63, 3.8) is 0 Å². The number of thiazole rings is 1. The average molecular weight is 349 g/mol. The van der Waals surface area contributed by atoms with Gasteiger partial charge in [-0.2, -0.15) is 4.99 Å². The van der Waals surface area contributed by atoms with E-state index >= 15 is 0 Å². The van der Waals surface area contributed by atoms with Gasteiger partial charge in [-0.1, -0.05) is 30.3 Å². The second kappa shape index (κ2) is 9.22.